The lowest BCUT2D eigenvalue weighted by atomic mass is 10.1. The predicted octanol–water partition coefficient (Wildman–Crippen LogP) is 2.98. The van der Waals surface area contributed by atoms with Crippen molar-refractivity contribution in [3.05, 3.63) is 65.2 Å². The van der Waals surface area contributed by atoms with Gasteiger partial charge in [-0.3, -0.25) is 9.59 Å². The van der Waals surface area contributed by atoms with Crippen LogP contribution in [-0.2, 0) is 10.0 Å². The first kappa shape index (κ1) is 33.8. The minimum Gasteiger partial charge on any atom is -0.454 e. The summed E-state index contributed by atoms with van der Waals surface area (Å²) in [6, 6.07) is 12.4. The number of alkyl halides is 3. The number of ether oxygens (including phenoxy) is 1. The fraction of sp³-hybridized carbons (Fsp3) is 0.433. The first-order chi connectivity index (χ1) is 22.1. The van der Waals surface area contributed by atoms with Gasteiger partial charge in [-0.1, -0.05) is 17.7 Å². The van der Waals surface area contributed by atoms with E-state index in [4.69, 9.17) is 4.74 Å². The number of rotatable bonds is 11. The van der Waals surface area contributed by atoms with Crippen LogP contribution in [0.3, 0.4) is 0 Å². The SMILES string of the molecule is Cc1ccc(C(=O)N2CCN(c3nc(Nc4ccc(C(=O)NS(=O)(=O)C5(CN(C)C)CC5)cc4)nc(OCC(F)(F)F)n3)CC2)cc1. The molecule has 1 aromatic heterocycles. The summed E-state index contributed by atoms with van der Waals surface area (Å²) in [6.45, 7) is 1.88. The van der Waals surface area contributed by atoms with Gasteiger partial charge >= 0.3 is 12.2 Å². The second kappa shape index (κ2) is 13.3. The Morgan fingerprint density at radius 1 is 0.936 bits per heavy atom. The van der Waals surface area contributed by atoms with Gasteiger partial charge in [-0.05, 0) is 70.3 Å². The molecule has 0 bridgehead atoms. The predicted molar refractivity (Wildman–Crippen MR) is 167 cm³/mol. The van der Waals surface area contributed by atoms with Crippen LogP contribution in [0.25, 0.3) is 0 Å². The van der Waals surface area contributed by atoms with Crippen molar-refractivity contribution in [3.63, 3.8) is 0 Å². The average Bonchev–Trinajstić information content (AvgIpc) is 3.81. The number of carbonyl (C=O) groups excluding carboxylic acids is 2. The van der Waals surface area contributed by atoms with Crippen molar-refractivity contribution in [3.8, 4) is 6.01 Å². The van der Waals surface area contributed by atoms with Crippen LogP contribution in [0.15, 0.2) is 48.5 Å². The maximum Gasteiger partial charge on any atom is 0.422 e. The van der Waals surface area contributed by atoms with Gasteiger partial charge in [0, 0.05) is 49.5 Å². The van der Waals surface area contributed by atoms with Gasteiger partial charge in [0.1, 0.15) is 4.75 Å². The molecule has 3 aromatic rings. The van der Waals surface area contributed by atoms with Crippen molar-refractivity contribution in [1.82, 2.24) is 29.5 Å². The molecule has 252 valence electrons. The lowest BCUT2D eigenvalue weighted by Crippen LogP contribution is -2.49. The Labute approximate surface area is 270 Å². The number of amides is 2. The minimum atomic E-state index is -4.63. The molecule has 1 aliphatic heterocycles. The van der Waals surface area contributed by atoms with Crippen molar-refractivity contribution >= 4 is 39.4 Å². The van der Waals surface area contributed by atoms with E-state index in [2.05, 4.69) is 25.0 Å². The maximum atomic E-state index is 12.9. The number of carbonyl (C=O) groups is 2. The van der Waals surface area contributed by atoms with Crippen molar-refractivity contribution < 1.29 is 35.9 Å². The molecule has 2 N–H and O–H groups in total. The number of halogens is 3. The van der Waals surface area contributed by atoms with Crippen molar-refractivity contribution in [2.45, 2.75) is 30.7 Å². The molecule has 2 aromatic carbocycles. The first-order valence-electron chi connectivity index (χ1n) is 14.8. The molecule has 2 aliphatic rings. The van der Waals surface area contributed by atoms with Crippen LogP contribution >= 0.6 is 0 Å². The van der Waals surface area contributed by atoms with E-state index in [1.165, 1.54) is 24.3 Å². The Balaban J connectivity index is 1.27. The van der Waals surface area contributed by atoms with E-state index in [9.17, 15) is 31.2 Å². The third kappa shape index (κ3) is 8.45. The smallest absolute Gasteiger partial charge is 0.422 e. The Hall–Kier alpha value is -4.51. The number of benzene rings is 2. The van der Waals surface area contributed by atoms with E-state index in [0.717, 1.165) is 5.56 Å². The Morgan fingerprint density at radius 2 is 1.55 bits per heavy atom. The fourth-order valence-electron chi connectivity index (χ4n) is 5.09. The van der Waals surface area contributed by atoms with Gasteiger partial charge in [0.05, 0.1) is 0 Å². The number of aromatic nitrogens is 3. The summed E-state index contributed by atoms with van der Waals surface area (Å²) in [5.41, 5.74) is 2.04. The van der Waals surface area contributed by atoms with E-state index < -0.39 is 39.5 Å². The molecule has 0 unspecified atom stereocenters. The first-order valence-corrected chi connectivity index (χ1v) is 16.3. The zero-order valence-electron chi connectivity index (χ0n) is 26.0. The number of sulfonamides is 1. The summed E-state index contributed by atoms with van der Waals surface area (Å²) in [5.74, 6) is -0.987. The normalized spacial score (nSPS) is 16.1. The molecule has 5 rings (SSSR count). The number of piperazine rings is 1. The molecule has 0 radical (unpaired) electrons. The lowest BCUT2D eigenvalue weighted by molar-refractivity contribution is -0.154. The lowest BCUT2D eigenvalue weighted by Gasteiger charge is -2.34. The van der Waals surface area contributed by atoms with Crippen LogP contribution < -0.4 is 19.7 Å². The summed E-state index contributed by atoms with van der Waals surface area (Å²) in [4.78, 5) is 43.3. The molecule has 0 spiro atoms. The molecule has 0 atom stereocenters. The highest BCUT2D eigenvalue weighted by Crippen LogP contribution is 2.43. The Morgan fingerprint density at radius 3 is 2.13 bits per heavy atom. The van der Waals surface area contributed by atoms with Gasteiger partial charge in [0.15, 0.2) is 6.61 Å². The van der Waals surface area contributed by atoms with E-state index in [1.807, 2.05) is 19.1 Å². The van der Waals surface area contributed by atoms with Crippen LogP contribution in [0.1, 0.15) is 39.1 Å². The number of anilines is 3. The summed E-state index contributed by atoms with van der Waals surface area (Å²) in [7, 11) is -0.387. The molecular weight excluding hydrogens is 641 g/mol. The largest absolute Gasteiger partial charge is 0.454 e. The molecule has 47 heavy (non-hydrogen) atoms. The number of hydrogen-bond acceptors (Lipinski definition) is 11. The number of nitrogens with one attached hydrogen (secondary N) is 2. The number of aryl methyl sites for hydroxylation is 1. The van der Waals surface area contributed by atoms with E-state index in [1.54, 1.807) is 40.9 Å². The molecule has 13 nitrogen and oxygen atoms in total. The van der Waals surface area contributed by atoms with Gasteiger partial charge < -0.3 is 24.8 Å². The van der Waals surface area contributed by atoms with Gasteiger partial charge in [-0.15, -0.1) is 0 Å². The Bertz CT molecular complexity index is 1710. The van der Waals surface area contributed by atoms with Gasteiger partial charge in [0.25, 0.3) is 11.8 Å². The maximum absolute atomic E-state index is 12.9. The number of hydrogen-bond donors (Lipinski definition) is 2. The molecule has 2 heterocycles. The summed E-state index contributed by atoms with van der Waals surface area (Å²) in [5, 5.41) is 2.87. The molecule has 2 amide bonds. The fourth-order valence-corrected chi connectivity index (χ4v) is 6.74. The van der Waals surface area contributed by atoms with Crippen LogP contribution in [0.4, 0.5) is 30.8 Å². The molecule has 1 saturated heterocycles. The zero-order chi connectivity index (χ0) is 34.0. The summed E-state index contributed by atoms with van der Waals surface area (Å²) >= 11 is 0. The second-order valence-electron chi connectivity index (χ2n) is 11.8. The minimum absolute atomic E-state index is 0.0510. The zero-order valence-corrected chi connectivity index (χ0v) is 26.9. The van der Waals surface area contributed by atoms with Crippen LogP contribution in [-0.4, -0.2) is 109 Å². The molecule has 1 aliphatic carbocycles. The quantitative estimate of drug-likeness (QED) is 0.309. The monoisotopic (exact) mass is 676 g/mol. The van der Waals surface area contributed by atoms with Gasteiger partial charge in [-0.25, -0.2) is 13.1 Å². The number of nitrogens with zero attached hydrogens (tertiary/aromatic N) is 6. The van der Waals surface area contributed by atoms with Gasteiger partial charge in [-0.2, -0.15) is 28.1 Å². The van der Waals surface area contributed by atoms with E-state index in [-0.39, 0.29) is 23.4 Å². The summed E-state index contributed by atoms with van der Waals surface area (Å²) in [6.07, 6.45) is -3.71. The molecule has 17 heteroatoms. The molecular formula is C30H35F3N8O5S. The molecule has 2 fully saturated rings. The van der Waals surface area contributed by atoms with Crippen molar-refractivity contribution in [2.75, 3.05) is 63.6 Å². The van der Waals surface area contributed by atoms with Crippen LogP contribution in [0.2, 0.25) is 0 Å². The summed E-state index contributed by atoms with van der Waals surface area (Å²) < 4.78 is 70.5. The second-order valence-corrected chi connectivity index (χ2v) is 13.9. The van der Waals surface area contributed by atoms with Crippen LogP contribution in [0, 0.1) is 6.92 Å². The van der Waals surface area contributed by atoms with E-state index >= 15 is 0 Å². The van der Waals surface area contributed by atoms with Crippen LogP contribution in [0.5, 0.6) is 6.01 Å². The van der Waals surface area contributed by atoms with Crippen molar-refractivity contribution in [2.24, 2.45) is 0 Å². The highest BCUT2D eigenvalue weighted by atomic mass is 32.2. The highest BCUT2D eigenvalue weighted by Gasteiger charge is 2.55. The topological polar surface area (TPSA) is 150 Å². The highest BCUT2D eigenvalue weighted by molar-refractivity contribution is 7.91. The Kier molecular flexibility index (Phi) is 9.58. The van der Waals surface area contributed by atoms with E-state index in [0.29, 0.717) is 56.8 Å². The third-order valence-corrected chi connectivity index (χ3v) is 9.86. The third-order valence-electron chi connectivity index (χ3n) is 7.73. The average molecular weight is 677 g/mol. The molecule has 1 saturated carbocycles. The van der Waals surface area contributed by atoms with Gasteiger partial charge in [0.2, 0.25) is 21.9 Å². The van der Waals surface area contributed by atoms with Crippen molar-refractivity contribution in [1.29, 1.82) is 0 Å². The standard InChI is InChI=1S/C30H35F3N8O5S/c1-20-4-6-22(7-5-20)25(43)40-14-16-41(17-15-40)27-35-26(36-28(37-27)46-19-30(31,32)33)34-23-10-8-21(9-11-23)24(42)38-47(44,45)29(12-13-29)18-39(2)3/h4-11H,12-19H2,1-3H3,(H,38,42)(H,34,35,36,37).